The van der Waals surface area contributed by atoms with Crippen LogP contribution in [0.1, 0.15) is 39.2 Å². The van der Waals surface area contributed by atoms with E-state index >= 15 is 0 Å². The molecule has 0 bridgehead atoms. The molecule has 0 spiro atoms. The van der Waals surface area contributed by atoms with Gasteiger partial charge in [-0.3, -0.25) is 4.90 Å². The molecule has 0 aliphatic carbocycles. The maximum absolute atomic E-state index is 2.59. The van der Waals surface area contributed by atoms with E-state index in [0.29, 0.717) is 5.41 Å². The molecule has 2 heteroatoms. The Bertz CT molecular complexity index is 386. The lowest BCUT2D eigenvalue weighted by Crippen LogP contribution is -2.45. The highest BCUT2D eigenvalue weighted by Gasteiger charge is 2.24. The predicted octanol–water partition coefficient (Wildman–Crippen LogP) is 3.63. The Balaban J connectivity index is 1.78. The average molecular weight is 274 g/mol. The molecular formula is C18H30N2. The van der Waals surface area contributed by atoms with Crippen LogP contribution in [-0.4, -0.2) is 42.5 Å². The highest BCUT2D eigenvalue weighted by molar-refractivity contribution is 5.14. The molecule has 0 atom stereocenters. The van der Waals surface area contributed by atoms with Crippen LogP contribution in [0.2, 0.25) is 0 Å². The van der Waals surface area contributed by atoms with Gasteiger partial charge in [0.1, 0.15) is 0 Å². The number of rotatable bonds is 4. The van der Waals surface area contributed by atoms with E-state index in [4.69, 9.17) is 0 Å². The molecule has 0 unspecified atom stereocenters. The van der Waals surface area contributed by atoms with Crippen LogP contribution in [-0.2, 0) is 6.54 Å². The number of nitrogens with zero attached hydrogens (tertiary/aromatic N) is 2. The van der Waals surface area contributed by atoms with E-state index in [1.807, 2.05) is 0 Å². The van der Waals surface area contributed by atoms with Crippen molar-refractivity contribution in [2.24, 2.45) is 5.41 Å². The van der Waals surface area contributed by atoms with Crippen LogP contribution in [0.25, 0.3) is 0 Å². The van der Waals surface area contributed by atoms with Crippen molar-refractivity contribution >= 4 is 0 Å². The second kappa shape index (κ2) is 6.73. The van der Waals surface area contributed by atoms with Crippen LogP contribution in [0.15, 0.2) is 30.3 Å². The Morgan fingerprint density at radius 1 is 1.10 bits per heavy atom. The summed E-state index contributed by atoms with van der Waals surface area (Å²) in [5, 5.41) is 0. The first-order valence-electron chi connectivity index (χ1n) is 7.90. The van der Waals surface area contributed by atoms with Gasteiger partial charge in [0.2, 0.25) is 0 Å². The molecule has 1 saturated heterocycles. The Hall–Kier alpha value is -0.860. The predicted molar refractivity (Wildman–Crippen MR) is 86.8 cm³/mol. The summed E-state index contributed by atoms with van der Waals surface area (Å²) in [6.07, 6.45) is 2.61. The van der Waals surface area contributed by atoms with E-state index in [-0.39, 0.29) is 0 Å². The Morgan fingerprint density at radius 3 is 2.25 bits per heavy atom. The van der Waals surface area contributed by atoms with Gasteiger partial charge in [-0.25, -0.2) is 0 Å². The summed E-state index contributed by atoms with van der Waals surface area (Å²) >= 11 is 0. The Kier molecular flexibility index (Phi) is 5.22. The molecular weight excluding hydrogens is 244 g/mol. The summed E-state index contributed by atoms with van der Waals surface area (Å²) in [5.41, 5.74) is 1.84. The van der Waals surface area contributed by atoms with Gasteiger partial charge in [-0.15, -0.1) is 0 Å². The first-order valence-corrected chi connectivity index (χ1v) is 7.90. The van der Waals surface area contributed by atoms with Gasteiger partial charge in [-0.1, -0.05) is 51.1 Å². The molecule has 1 fully saturated rings. The fourth-order valence-electron chi connectivity index (χ4n) is 3.24. The molecule has 2 nitrogen and oxygen atoms in total. The molecule has 20 heavy (non-hydrogen) atoms. The van der Waals surface area contributed by atoms with Gasteiger partial charge in [0, 0.05) is 19.1 Å². The SMILES string of the molecule is CN(CC(C)(C)C)C1CCN(Cc2ccccc2)CC1. The zero-order valence-electron chi connectivity index (χ0n) is 13.6. The molecule has 1 aliphatic heterocycles. The second-order valence-corrected chi connectivity index (χ2v) is 7.47. The zero-order chi connectivity index (χ0) is 14.6. The van der Waals surface area contributed by atoms with E-state index in [2.05, 4.69) is 68.0 Å². The molecule has 0 saturated carbocycles. The molecule has 0 amide bonds. The minimum atomic E-state index is 0.399. The number of likely N-dealkylation sites (tertiary alicyclic amines) is 1. The largest absolute Gasteiger partial charge is 0.303 e. The Labute approximate surface area is 124 Å². The van der Waals surface area contributed by atoms with Crippen LogP contribution in [0.4, 0.5) is 0 Å². The Morgan fingerprint density at radius 2 is 1.70 bits per heavy atom. The van der Waals surface area contributed by atoms with Gasteiger partial charge >= 0.3 is 0 Å². The highest BCUT2D eigenvalue weighted by atomic mass is 15.2. The summed E-state index contributed by atoms with van der Waals surface area (Å²) in [5.74, 6) is 0. The quantitative estimate of drug-likeness (QED) is 0.827. The fourth-order valence-corrected chi connectivity index (χ4v) is 3.24. The van der Waals surface area contributed by atoms with Crippen molar-refractivity contribution in [2.45, 2.75) is 46.2 Å². The standard InChI is InChI=1S/C18H30N2/c1-18(2,3)15-19(4)17-10-12-20(13-11-17)14-16-8-6-5-7-9-16/h5-9,17H,10-15H2,1-4H3. The van der Waals surface area contributed by atoms with Crippen molar-refractivity contribution in [1.29, 1.82) is 0 Å². The van der Waals surface area contributed by atoms with Gasteiger partial charge in [-0.2, -0.15) is 0 Å². The topological polar surface area (TPSA) is 6.48 Å². The minimum Gasteiger partial charge on any atom is -0.303 e. The van der Waals surface area contributed by atoms with Crippen LogP contribution in [0, 0.1) is 5.41 Å². The molecule has 2 rings (SSSR count). The molecule has 0 radical (unpaired) electrons. The lowest BCUT2D eigenvalue weighted by molar-refractivity contribution is 0.0987. The number of benzene rings is 1. The van der Waals surface area contributed by atoms with Crippen molar-refractivity contribution < 1.29 is 0 Å². The molecule has 1 heterocycles. The molecule has 0 aromatic heterocycles. The molecule has 112 valence electrons. The first kappa shape index (κ1) is 15.5. The maximum Gasteiger partial charge on any atom is 0.0233 e. The summed E-state index contributed by atoms with van der Waals surface area (Å²) in [6.45, 7) is 11.7. The summed E-state index contributed by atoms with van der Waals surface area (Å²) in [6, 6.07) is 11.6. The molecule has 1 aromatic rings. The fraction of sp³-hybridized carbons (Fsp3) is 0.667. The van der Waals surface area contributed by atoms with E-state index in [0.717, 1.165) is 12.6 Å². The van der Waals surface area contributed by atoms with Crippen LogP contribution in [0.5, 0.6) is 0 Å². The number of piperidine rings is 1. The smallest absolute Gasteiger partial charge is 0.0233 e. The van der Waals surface area contributed by atoms with Crippen molar-refractivity contribution in [3.63, 3.8) is 0 Å². The summed E-state index contributed by atoms with van der Waals surface area (Å²) in [7, 11) is 2.29. The number of hydrogen-bond donors (Lipinski definition) is 0. The van der Waals surface area contributed by atoms with E-state index in [1.54, 1.807) is 0 Å². The highest BCUT2D eigenvalue weighted by Crippen LogP contribution is 2.21. The van der Waals surface area contributed by atoms with Gasteiger partial charge in [0.25, 0.3) is 0 Å². The third-order valence-electron chi connectivity index (χ3n) is 4.15. The van der Waals surface area contributed by atoms with Crippen LogP contribution < -0.4 is 0 Å². The third-order valence-corrected chi connectivity index (χ3v) is 4.15. The monoisotopic (exact) mass is 274 g/mol. The van der Waals surface area contributed by atoms with E-state index < -0.39 is 0 Å². The van der Waals surface area contributed by atoms with E-state index in [9.17, 15) is 0 Å². The van der Waals surface area contributed by atoms with Crippen molar-refractivity contribution in [3.05, 3.63) is 35.9 Å². The van der Waals surface area contributed by atoms with Crippen molar-refractivity contribution in [1.82, 2.24) is 9.80 Å². The molecule has 1 aromatic carbocycles. The molecule has 1 aliphatic rings. The van der Waals surface area contributed by atoms with Gasteiger partial charge in [-0.05, 0) is 44.0 Å². The number of hydrogen-bond acceptors (Lipinski definition) is 2. The maximum atomic E-state index is 2.59. The van der Waals surface area contributed by atoms with Crippen LogP contribution >= 0.6 is 0 Å². The van der Waals surface area contributed by atoms with Gasteiger partial charge < -0.3 is 4.90 Å². The summed E-state index contributed by atoms with van der Waals surface area (Å²) < 4.78 is 0. The van der Waals surface area contributed by atoms with Crippen molar-refractivity contribution in [2.75, 3.05) is 26.7 Å². The minimum absolute atomic E-state index is 0.399. The zero-order valence-corrected chi connectivity index (χ0v) is 13.6. The van der Waals surface area contributed by atoms with E-state index in [1.165, 1.54) is 38.0 Å². The third kappa shape index (κ3) is 4.92. The second-order valence-electron chi connectivity index (χ2n) is 7.47. The van der Waals surface area contributed by atoms with Gasteiger partial charge in [0.05, 0.1) is 0 Å². The lowest BCUT2D eigenvalue weighted by Gasteiger charge is -2.39. The van der Waals surface area contributed by atoms with Gasteiger partial charge in [0.15, 0.2) is 0 Å². The normalized spacial score (nSPS) is 18.6. The molecule has 0 N–H and O–H groups in total. The average Bonchev–Trinajstić information content (AvgIpc) is 2.39. The summed E-state index contributed by atoms with van der Waals surface area (Å²) in [4.78, 5) is 5.16. The van der Waals surface area contributed by atoms with Crippen molar-refractivity contribution in [3.8, 4) is 0 Å². The lowest BCUT2D eigenvalue weighted by atomic mass is 9.94. The van der Waals surface area contributed by atoms with Crippen LogP contribution in [0.3, 0.4) is 0 Å². The first-order chi connectivity index (χ1) is 9.44.